The van der Waals surface area contributed by atoms with Gasteiger partial charge in [-0.3, -0.25) is 4.79 Å². The van der Waals surface area contributed by atoms with Crippen LogP contribution in [0.5, 0.6) is 5.75 Å². The summed E-state index contributed by atoms with van der Waals surface area (Å²) in [4.78, 5) is 20.3. The number of aromatic nitrogens is 2. The van der Waals surface area contributed by atoms with Crippen LogP contribution in [0.15, 0.2) is 72.4 Å². The Kier molecular flexibility index (Phi) is 7.00. The second-order valence-electron chi connectivity index (χ2n) is 6.31. The third kappa shape index (κ3) is 5.93. The van der Waals surface area contributed by atoms with Gasteiger partial charge in [-0.25, -0.2) is 4.98 Å². The van der Waals surface area contributed by atoms with E-state index < -0.39 is 5.97 Å². The minimum atomic E-state index is -0.870. The zero-order chi connectivity index (χ0) is 20.5. The molecule has 0 fully saturated rings. The van der Waals surface area contributed by atoms with E-state index in [1.54, 1.807) is 36.8 Å². The fourth-order valence-electron chi connectivity index (χ4n) is 2.80. The first-order valence-corrected chi connectivity index (χ1v) is 9.37. The Morgan fingerprint density at radius 3 is 2.69 bits per heavy atom. The number of carboxylic acids is 1. The monoisotopic (exact) mass is 393 g/mol. The molecule has 0 aliphatic carbocycles. The lowest BCUT2D eigenvalue weighted by atomic mass is 10.1. The molecule has 150 valence electrons. The number of aliphatic carboxylic acids is 1. The van der Waals surface area contributed by atoms with E-state index in [1.807, 2.05) is 42.0 Å². The largest absolute Gasteiger partial charge is 0.490 e. The summed E-state index contributed by atoms with van der Waals surface area (Å²) in [6.07, 6.45) is 6.10. The van der Waals surface area contributed by atoms with E-state index in [1.165, 1.54) is 0 Å². The molecule has 7 nitrogen and oxygen atoms in total. The lowest BCUT2D eigenvalue weighted by molar-refractivity contribution is -0.136. The van der Waals surface area contributed by atoms with Crippen LogP contribution >= 0.6 is 0 Å². The molecule has 0 saturated carbocycles. The molecule has 0 spiro atoms. The van der Waals surface area contributed by atoms with Crippen LogP contribution in [0.3, 0.4) is 0 Å². The lowest BCUT2D eigenvalue weighted by Gasteiger charge is -2.08. The average Bonchev–Trinajstić information content (AvgIpc) is 3.26. The molecule has 0 atom stereocenters. The van der Waals surface area contributed by atoms with Crippen molar-refractivity contribution in [1.29, 1.82) is 0 Å². The van der Waals surface area contributed by atoms with E-state index in [0.29, 0.717) is 24.5 Å². The van der Waals surface area contributed by atoms with Gasteiger partial charge < -0.3 is 19.2 Å². The first-order chi connectivity index (χ1) is 14.2. The van der Waals surface area contributed by atoms with E-state index in [4.69, 9.17) is 14.7 Å². The molecule has 3 aromatic rings. The molecule has 0 radical (unpaired) electrons. The Labute approximate surface area is 169 Å². The van der Waals surface area contributed by atoms with E-state index in [0.717, 1.165) is 23.4 Å². The maximum atomic E-state index is 10.8. The normalized spacial score (nSPS) is 11.3. The van der Waals surface area contributed by atoms with Crippen LogP contribution in [0, 0.1) is 0 Å². The summed E-state index contributed by atoms with van der Waals surface area (Å²) in [7, 11) is 0. The van der Waals surface area contributed by atoms with Crippen LogP contribution in [0.4, 0.5) is 0 Å². The molecular weight excluding hydrogens is 370 g/mol. The third-order valence-electron chi connectivity index (χ3n) is 4.21. The Hall–Kier alpha value is -3.61. The van der Waals surface area contributed by atoms with Crippen LogP contribution in [0.1, 0.15) is 24.5 Å². The Balaban J connectivity index is 1.50. The summed E-state index contributed by atoms with van der Waals surface area (Å²) in [6, 6.07) is 15.1. The van der Waals surface area contributed by atoms with Crippen molar-refractivity contribution in [3.63, 3.8) is 0 Å². The van der Waals surface area contributed by atoms with E-state index in [2.05, 4.69) is 10.1 Å². The van der Waals surface area contributed by atoms with Gasteiger partial charge >= 0.3 is 5.97 Å². The molecule has 0 saturated heterocycles. The molecule has 0 bridgehead atoms. The average molecular weight is 393 g/mol. The van der Waals surface area contributed by atoms with E-state index >= 15 is 0 Å². The molecule has 1 heterocycles. The summed E-state index contributed by atoms with van der Waals surface area (Å²) in [6.45, 7) is 2.63. The Morgan fingerprint density at radius 1 is 1.17 bits per heavy atom. The molecule has 29 heavy (non-hydrogen) atoms. The van der Waals surface area contributed by atoms with Crippen molar-refractivity contribution >= 4 is 11.7 Å². The first kappa shape index (κ1) is 20.1. The minimum absolute atomic E-state index is 0.0303. The van der Waals surface area contributed by atoms with Crippen LogP contribution in [0.2, 0.25) is 0 Å². The molecule has 0 aliphatic heterocycles. The number of imidazole rings is 1. The molecular formula is C22H23N3O4. The summed E-state index contributed by atoms with van der Waals surface area (Å²) in [5.74, 6) is -0.257. The van der Waals surface area contributed by atoms with Crippen LogP contribution < -0.4 is 4.74 Å². The highest BCUT2D eigenvalue weighted by Crippen LogP contribution is 2.14. The second-order valence-corrected chi connectivity index (χ2v) is 6.31. The molecule has 2 aromatic carbocycles. The summed E-state index contributed by atoms with van der Waals surface area (Å²) in [5, 5.41) is 13.1. The van der Waals surface area contributed by atoms with Gasteiger partial charge in [-0.15, -0.1) is 0 Å². The van der Waals surface area contributed by atoms with Gasteiger partial charge in [0.1, 0.15) is 12.4 Å². The van der Waals surface area contributed by atoms with E-state index in [9.17, 15) is 4.79 Å². The second kappa shape index (κ2) is 10.1. The molecule has 7 heteroatoms. The predicted molar refractivity (Wildman–Crippen MR) is 110 cm³/mol. The van der Waals surface area contributed by atoms with Gasteiger partial charge in [0.05, 0.1) is 18.5 Å². The van der Waals surface area contributed by atoms with Crippen LogP contribution in [0.25, 0.3) is 5.69 Å². The van der Waals surface area contributed by atoms with Gasteiger partial charge in [0.2, 0.25) is 0 Å². The minimum Gasteiger partial charge on any atom is -0.490 e. The quantitative estimate of drug-likeness (QED) is 0.322. The zero-order valence-electron chi connectivity index (χ0n) is 16.2. The predicted octanol–water partition coefficient (Wildman–Crippen LogP) is 3.71. The molecule has 0 unspecified atom stereocenters. The fourth-order valence-corrected chi connectivity index (χ4v) is 2.80. The number of benzene rings is 2. The van der Waals surface area contributed by atoms with Crippen molar-refractivity contribution in [2.24, 2.45) is 5.16 Å². The molecule has 0 amide bonds. The maximum absolute atomic E-state index is 10.8. The number of ether oxygens (including phenoxy) is 1. The van der Waals surface area contributed by atoms with Crippen LogP contribution in [-0.2, 0) is 16.1 Å². The van der Waals surface area contributed by atoms with Gasteiger partial charge in [0.25, 0.3) is 0 Å². The number of nitrogens with zero attached hydrogens (tertiary/aromatic N) is 3. The standard InChI is InChI=1S/C22H23N3O4/c1-2-21(18-6-8-19(9-7-18)25-11-10-23-16-25)24-29-13-12-28-20-5-3-4-17(14-20)15-22(26)27/h3-11,14,16H,2,12-13,15H2,1H3,(H,26,27). The SMILES string of the molecule is CCC(=NOCCOc1cccc(CC(=O)O)c1)c1ccc(-n2ccnc2)cc1. The summed E-state index contributed by atoms with van der Waals surface area (Å²) >= 11 is 0. The maximum Gasteiger partial charge on any atom is 0.307 e. The van der Waals surface area contributed by atoms with Gasteiger partial charge in [0, 0.05) is 18.1 Å². The smallest absolute Gasteiger partial charge is 0.307 e. The van der Waals surface area contributed by atoms with Crippen molar-refractivity contribution in [2.75, 3.05) is 13.2 Å². The number of hydrogen-bond donors (Lipinski definition) is 1. The lowest BCUT2D eigenvalue weighted by Crippen LogP contribution is -2.07. The zero-order valence-corrected chi connectivity index (χ0v) is 16.2. The Morgan fingerprint density at radius 2 is 2.00 bits per heavy atom. The van der Waals surface area contributed by atoms with Gasteiger partial charge in [-0.05, 0) is 41.8 Å². The van der Waals surface area contributed by atoms with Crippen molar-refractivity contribution < 1.29 is 19.5 Å². The topological polar surface area (TPSA) is 85.9 Å². The third-order valence-corrected chi connectivity index (χ3v) is 4.21. The number of hydrogen-bond acceptors (Lipinski definition) is 5. The van der Waals surface area contributed by atoms with Gasteiger partial charge in [-0.2, -0.15) is 0 Å². The summed E-state index contributed by atoms with van der Waals surface area (Å²) < 4.78 is 7.55. The van der Waals surface area contributed by atoms with Crippen molar-refractivity contribution in [1.82, 2.24) is 9.55 Å². The molecule has 1 N–H and O–H groups in total. The number of carboxylic acid groups (broad SMARTS) is 1. The summed E-state index contributed by atoms with van der Waals surface area (Å²) in [5.41, 5.74) is 3.58. The number of oxime groups is 1. The Bertz CT molecular complexity index is 950. The van der Waals surface area contributed by atoms with E-state index in [-0.39, 0.29) is 6.42 Å². The highest BCUT2D eigenvalue weighted by Gasteiger charge is 2.04. The van der Waals surface area contributed by atoms with Gasteiger partial charge in [0.15, 0.2) is 6.61 Å². The fraction of sp³-hybridized carbons (Fsp3) is 0.227. The molecule has 1 aromatic heterocycles. The number of carbonyl (C=O) groups is 1. The molecule has 3 rings (SSSR count). The van der Waals surface area contributed by atoms with Crippen molar-refractivity contribution in [3.8, 4) is 11.4 Å². The van der Waals surface area contributed by atoms with Gasteiger partial charge in [-0.1, -0.05) is 36.3 Å². The van der Waals surface area contributed by atoms with Crippen LogP contribution in [-0.4, -0.2) is 39.6 Å². The molecule has 0 aliphatic rings. The highest BCUT2D eigenvalue weighted by molar-refractivity contribution is 6.00. The first-order valence-electron chi connectivity index (χ1n) is 9.37. The number of rotatable bonds is 10. The van der Waals surface area contributed by atoms with Crippen molar-refractivity contribution in [2.45, 2.75) is 19.8 Å². The van der Waals surface area contributed by atoms with Crippen molar-refractivity contribution in [3.05, 3.63) is 78.4 Å². The highest BCUT2D eigenvalue weighted by atomic mass is 16.6.